The van der Waals surface area contributed by atoms with E-state index in [-0.39, 0.29) is 35.4 Å². The highest BCUT2D eigenvalue weighted by molar-refractivity contribution is 6.33. The van der Waals surface area contributed by atoms with E-state index in [9.17, 15) is 9.59 Å². The van der Waals surface area contributed by atoms with Crippen molar-refractivity contribution >= 4 is 23.6 Å². The molecule has 2 aliphatic heterocycles. The zero-order valence-electron chi connectivity index (χ0n) is 14.2. The molecule has 0 radical (unpaired) electrons. The standard InChI is InChI=1S/C17H23ClN4O3/c18-14-10-19-12-20-15(14)16(23)22-9-5-2-6-13(22)11-25-17(24)21-7-3-1-4-8-21/h10,12-13H,1-9,11H2/t13-/m1/s1. The minimum Gasteiger partial charge on any atom is -0.447 e. The molecular formula is C17H23ClN4O3. The molecule has 2 amide bonds. The number of halogens is 1. The largest absolute Gasteiger partial charge is 0.447 e. The summed E-state index contributed by atoms with van der Waals surface area (Å²) in [6.07, 6.45) is 8.39. The van der Waals surface area contributed by atoms with Crippen LogP contribution in [0.2, 0.25) is 5.02 Å². The number of nitrogens with zero attached hydrogens (tertiary/aromatic N) is 4. The van der Waals surface area contributed by atoms with Gasteiger partial charge in [0.2, 0.25) is 0 Å². The van der Waals surface area contributed by atoms with Gasteiger partial charge in [-0.2, -0.15) is 0 Å². The van der Waals surface area contributed by atoms with Gasteiger partial charge in [-0.25, -0.2) is 14.8 Å². The molecule has 3 heterocycles. The van der Waals surface area contributed by atoms with E-state index in [0.717, 1.165) is 51.6 Å². The molecule has 25 heavy (non-hydrogen) atoms. The Kier molecular flexibility index (Phi) is 6.07. The fourth-order valence-corrected chi connectivity index (χ4v) is 3.57. The second kappa shape index (κ2) is 8.47. The van der Waals surface area contributed by atoms with Crippen molar-refractivity contribution in [2.75, 3.05) is 26.2 Å². The minimum absolute atomic E-state index is 0.138. The van der Waals surface area contributed by atoms with Crippen LogP contribution in [0.1, 0.15) is 49.0 Å². The predicted octanol–water partition coefficient (Wildman–Crippen LogP) is 2.75. The molecule has 2 fully saturated rings. The van der Waals surface area contributed by atoms with Gasteiger partial charge in [0.05, 0.1) is 11.1 Å². The molecule has 2 aliphatic rings. The van der Waals surface area contributed by atoms with Gasteiger partial charge < -0.3 is 14.5 Å². The molecule has 2 saturated heterocycles. The molecule has 7 nitrogen and oxygen atoms in total. The molecule has 136 valence electrons. The van der Waals surface area contributed by atoms with E-state index in [1.54, 1.807) is 9.80 Å². The van der Waals surface area contributed by atoms with E-state index >= 15 is 0 Å². The van der Waals surface area contributed by atoms with Crippen LogP contribution in [0.15, 0.2) is 12.5 Å². The third kappa shape index (κ3) is 4.39. The molecule has 1 aromatic heterocycles. The minimum atomic E-state index is -0.280. The normalized spacial score (nSPS) is 21.1. The first-order chi connectivity index (χ1) is 12.2. The molecule has 0 spiro atoms. The Bertz CT molecular complexity index is 622. The molecule has 0 aliphatic carbocycles. The van der Waals surface area contributed by atoms with E-state index in [1.807, 2.05) is 0 Å². The second-order valence-electron chi connectivity index (χ2n) is 6.49. The number of carbonyl (C=O) groups excluding carboxylic acids is 2. The molecule has 1 atom stereocenters. The number of ether oxygens (including phenoxy) is 1. The molecular weight excluding hydrogens is 344 g/mol. The number of hydrogen-bond acceptors (Lipinski definition) is 5. The molecule has 0 bridgehead atoms. The van der Waals surface area contributed by atoms with E-state index in [0.29, 0.717) is 6.54 Å². The summed E-state index contributed by atoms with van der Waals surface area (Å²) in [5.41, 5.74) is 0.200. The first-order valence-corrected chi connectivity index (χ1v) is 9.23. The summed E-state index contributed by atoms with van der Waals surface area (Å²) in [5, 5.41) is 0.238. The van der Waals surface area contributed by atoms with Crippen LogP contribution in [0.25, 0.3) is 0 Å². The number of aromatic nitrogens is 2. The van der Waals surface area contributed by atoms with Crippen molar-refractivity contribution in [1.29, 1.82) is 0 Å². The van der Waals surface area contributed by atoms with E-state index < -0.39 is 0 Å². The average Bonchev–Trinajstić information content (AvgIpc) is 2.67. The lowest BCUT2D eigenvalue weighted by molar-refractivity contribution is 0.0358. The summed E-state index contributed by atoms with van der Waals surface area (Å²) < 4.78 is 5.49. The summed E-state index contributed by atoms with van der Waals surface area (Å²) in [5.74, 6) is -0.230. The summed E-state index contributed by atoms with van der Waals surface area (Å²) >= 11 is 6.05. The van der Waals surface area contributed by atoms with Gasteiger partial charge in [0.15, 0.2) is 0 Å². The number of likely N-dealkylation sites (tertiary alicyclic amines) is 2. The summed E-state index contributed by atoms with van der Waals surface area (Å²) in [6, 6.07) is -0.138. The van der Waals surface area contributed by atoms with Crippen molar-refractivity contribution in [3.8, 4) is 0 Å². The van der Waals surface area contributed by atoms with Crippen LogP contribution in [0.5, 0.6) is 0 Å². The Balaban J connectivity index is 1.61. The summed E-state index contributed by atoms with van der Waals surface area (Å²) in [6.45, 7) is 2.33. The molecule has 0 unspecified atom stereocenters. The number of piperidine rings is 2. The number of rotatable bonds is 3. The Morgan fingerprint density at radius 3 is 2.68 bits per heavy atom. The van der Waals surface area contributed by atoms with Gasteiger partial charge >= 0.3 is 6.09 Å². The van der Waals surface area contributed by atoms with Gasteiger partial charge in [0, 0.05) is 25.8 Å². The molecule has 0 N–H and O–H groups in total. The Hall–Kier alpha value is -1.89. The lowest BCUT2D eigenvalue weighted by Gasteiger charge is -2.36. The topological polar surface area (TPSA) is 75.6 Å². The Morgan fingerprint density at radius 2 is 1.92 bits per heavy atom. The van der Waals surface area contributed by atoms with E-state index in [2.05, 4.69) is 9.97 Å². The second-order valence-corrected chi connectivity index (χ2v) is 6.90. The van der Waals surface area contributed by atoms with Gasteiger partial charge in [-0.1, -0.05) is 11.6 Å². The first-order valence-electron chi connectivity index (χ1n) is 8.85. The molecule has 3 rings (SSSR count). The highest BCUT2D eigenvalue weighted by Gasteiger charge is 2.31. The van der Waals surface area contributed by atoms with Gasteiger partial charge in [-0.3, -0.25) is 4.79 Å². The highest BCUT2D eigenvalue weighted by Crippen LogP contribution is 2.22. The van der Waals surface area contributed by atoms with Crippen molar-refractivity contribution in [3.63, 3.8) is 0 Å². The SMILES string of the molecule is O=C(OC[C@H]1CCCCN1C(=O)c1ncncc1Cl)N1CCCCC1. The molecule has 1 aromatic rings. The highest BCUT2D eigenvalue weighted by atomic mass is 35.5. The van der Waals surface area contributed by atoms with Crippen LogP contribution < -0.4 is 0 Å². The predicted molar refractivity (Wildman–Crippen MR) is 92.5 cm³/mol. The van der Waals surface area contributed by atoms with Gasteiger partial charge in [-0.05, 0) is 38.5 Å². The fraction of sp³-hybridized carbons (Fsp3) is 0.647. The van der Waals surface area contributed by atoms with Gasteiger partial charge in [0.1, 0.15) is 18.6 Å². The van der Waals surface area contributed by atoms with Crippen LogP contribution in [-0.2, 0) is 4.74 Å². The van der Waals surface area contributed by atoms with Crippen LogP contribution >= 0.6 is 11.6 Å². The number of carbonyl (C=O) groups is 2. The smallest absolute Gasteiger partial charge is 0.409 e. The maximum absolute atomic E-state index is 12.8. The third-order valence-electron chi connectivity index (χ3n) is 4.77. The monoisotopic (exact) mass is 366 g/mol. The summed E-state index contributed by atoms with van der Waals surface area (Å²) in [7, 11) is 0. The third-order valence-corrected chi connectivity index (χ3v) is 5.05. The Labute approximate surface area is 152 Å². The van der Waals surface area contributed by atoms with E-state index in [1.165, 1.54) is 12.5 Å². The maximum atomic E-state index is 12.8. The molecule has 8 heteroatoms. The molecule has 0 saturated carbocycles. The van der Waals surface area contributed by atoms with Crippen LogP contribution in [0.3, 0.4) is 0 Å². The molecule has 0 aromatic carbocycles. The van der Waals surface area contributed by atoms with E-state index in [4.69, 9.17) is 16.3 Å². The summed E-state index contributed by atoms with van der Waals surface area (Å²) in [4.78, 5) is 36.3. The Morgan fingerprint density at radius 1 is 1.16 bits per heavy atom. The van der Waals surface area contributed by atoms with Gasteiger partial charge in [-0.15, -0.1) is 0 Å². The zero-order valence-corrected chi connectivity index (χ0v) is 15.0. The number of hydrogen-bond donors (Lipinski definition) is 0. The van der Waals surface area contributed by atoms with Gasteiger partial charge in [0.25, 0.3) is 5.91 Å². The van der Waals surface area contributed by atoms with Crippen LogP contribution in [-0.4, -0.2) is 64.1 Å². The van der Waals surface area contributed by atoms with Crippen LogP contribution in [0, 0.1) is 0 Å². The van der Waals surface area contributed by atoms with Crippen molar-refractivity contribution in [2.24, 2.45) is 0 Å². The lowest BCUT2D eigenvalue weighted by atomic mass is 10.0. The average molecular weight is 367 g/mol. The van der Waals surface area contributed by atoms with Crippen molar-refractivity contribution in [1.82, 2.24) is 19.8 Å². The van der Waals surface area contributed by atoms with Crippen LogP contribution in [0.4, 0.5) is 4.79 Å². The fourth-order valence-electron chi connectivity index (χ4n) is 3.38. The quantitative estimate of drug-likeness (QED) is 0.822. The lowest BCUT2D eigenvalue weighted by Crippen LogP contribution is -2.47. The van der Waals surface area contributed by atoms with Crippen molar-refractivity contribution < 1.29 is 14.3 Å². The van der Waals surface area contributed by atoms with Crippen molar-refractivity contribution in [2.45, 2.75) is 44.6 Å². The van der Waals surface area contributed by atoms with Crippen molar-refractivity contribution in [3.05, 3.63) is 23.2 Å². The number of amides is 2. The maximum Gasteiger partial charge on any atom is 0.409 e. The first kappa shape index (κ1) is 17.9. The zero-order chi connectivity index (χ0) is 17.6.